The van der Waals surface area contributed by atoms with Crippen LogP contribution >= 0.6 is 15.6 Å². The highest BCUT2D eigenvalue weighted by molar-refractivity contribution is 7.47. The molecule has 3 N–H and O–H groups in total. The normalized spacial score (nSPS) is 14.0. The van der Waals surface area contributed by atoms with Gasteiger partial charge in [-0.1, -0.05) is 343 Å². The Morgan fingerprint density at radius 2 is 0.484 bits per heavy atom. The molecule has 0 aromatic heterocycles. The Morgan fingerprint density at radius 3 is 0.716 bits per heavy atom. The van der Waals surface area contributed by atoms with Gasteiger partial charge in [0.25, 0.3) is 0 Å². The molecule has 0 aromatic carbocycles. The fraction of sp³-hybridized carbons (Fsp3) is 0.947. The number of carbonyl (C=O) groups is 4. The molecule has 0 radical (unpaired) electrons. The molecule has 0 aromatic rings. The van der Waals surface area contributed by atoms with Gasteiger partial charge in [0.1, 0.15) is 19.3 Å². The first-order valence-corrected chi connectivity index (χ1v) is 42.5. The molecule has 95 heavy (non-hydrogen) atoms. The van der Waals surface area contributed by atoms with Crippen molar-refractivity contribution in [1.29, 1.82) is 0 Å². The topological polar surface area (TPSA) is 237 Å². The SMILES string of the molecule is CCCCCCCCCCCCCCCCCCCC(=O)O[C@H](COC(=O)CCCCCCCCCCCCCC(C)C)COP(=O)(O)OC[C@@H](O)COP(=O)(O)OC[C@@H](COC(=O)CCCCCCCCCCCC)OC(=O)CCCCCCCCCCCCCC(C)C. The fourth-order valence-corrected chi connectivity index (χ4v) is 13.2. The van der Waals surface area contributed by atoms with Crippen LogP contribution in [-0.4, -0.2) is 96.7 Å². The van der Waals surface area contributed by atoms with E-state index in [0.29, 0.717) is 25.7 Å². The van der Waals surface area contributed by atoms with E-state index in [4.69, 9.17) is 37.0 Å². The van der Waals surface area contributed by atoms with Crippen molar-refractivity contribution >= 4 is 39.5 Å². The molecule has 0 bridgehead atoms. The van der Waals surface area contributed by atoms with Crippen molar-refractivity contribution in [3.63, 3.8) is 0 Å². The van der Waals surface area contributed by atoms with Gasteiger partial charge in [0.2, 0.25) is 0 Å². The molecule has 564 valence electrons. The van der Waals surface area contributed by atoms with Crippen LogP contribution < -0.4 is 0 Å². The highest BCUT2D eigenvalue weighted by atomic mass is 31.2. The van der Waals surface area contributed by atoms with Crippen molar-refractivity contribution in [3.05, 3.63) is 0 Å². The molecule has 2 unspecified atom stereocenters. The monoisotopic (exact) mass is 1400 g/mol. The van der Waals surface area contributed by atoms with Crippen LogP contribution in [-0.2, 0) is 65.4 Å². The van der Waals surface area contributed by atoms with Gasteiger partial charge in [-0.25, -0.2) is 9.13 Å². The Labute approximate surface area is 581 Å². The number of unbranched alkanes of at least 4 members (excludes halogenated alkanes) is 45. The van der Waals surface area contributed by atoms with Gasteiger partial charge in [0.05, 0.1) is 26.4 Å². The highest BCUT2D eigenvalue weighted by Gasteiger charge is 2.30. The molecule has 0 rings (SSSR count). The molecule has 19 heteroatoms. The third kappa shape index (κ3) is 70.3. The van der Waals surface area contributed by atoms with Gasteiger partial charge < -0.3 is 33.8 Å². The molecule has 0 saturated heterocycles. The lowest BCUT2D eigenvalue weighted by molar-refractivity contribution is -0.161. The lowest BCUT2D eigenvalue weighted by Gasteiger charge is -2.21. The van der Waals surface area contributed by atoms with E-state index in [1.165, 1.54) is 212 Å². The second kappa shape index (κ2) is 67.9. The molecule has 17 nitrogen and oxygen atoms in total. The lowest BCUT2D eigenvalue weighted by Crippen LogP contribution is -2.30. The molecule has 0 fully saturated rings. The lowest BCUT2D eigenvalue weighted by atomic mass is 10.0. The minimum Gasteiger partial charge on any atom is -0.462 e. The van der Waals surface area contributed by atoms with Gasteiger partial charge in [0.15, 0.2) is 12.2 Å². The Bertz CT molecular complexity index is 1840. The van der Waals surface area contributed by atoms with Gasteiger partial charge in [-0.2, -0.15) is 0 Å². The van der Waals surface area contributed by atoms with Crippen LogP contribution in [0.1, 0.15) is 395 Å². The average molecular weight is 1400 g/mol. The molecule has 0 aliphatic carbocycles. The highest BCUT2D eigenvalue weighted by Crippen LogP contribution is 2.45. The van der Waals surface area contributed by atoms with Gasteiger partial charge in [-0.15, -0.1) is 0 Å². The smallest absolute Gasteiger partial charge is 0.462 e. The van der Waals surface area contributed by atoms with Crippen molar-refractivity contribution in [2.75, 3.05) is 39.6 Å². The molecule has 0 aliphatic heterocycles. The quantitative estimate of drug-likeness (QED) is 0.0222. The van der Waals surface area contributed by atoms with Crippen molar-refractivity contribution in [2.45, 2.75) is 413 Å². The van der Waals surface area contributed by atoms with Crippen LogP contribution in [0.25, 0.3) is 0 Å². The van der Waals surface area contributed by atoms with Crippen molar-refractivity contribution in [3.8, 4) is 0 Å². The number of phosphoric ester groups is 2. The molecule has 0 saturated carbocycles. The van der Waals surface area contributed by atoms with E-state index in [0.717, 1.165) is 102 Å². The van der Waals surface area contributed by atoms with Gasteiger partial charge in [-0.3, -0.25) is 37.3 Å². The van der Waals surface area contributed by atoms with E-state index in [1.807, 2.05) is 0 Å². The van der Waals surface area contributed by atoms with Crippen molar-refractivity contribution < 1.29 is 80.2 Å². The van der Waals surface area contributed by atoms with Gasteiger partial charge in [0, 0.05) is 25.7 Å². The van der Waals surface area contributed by atoms with Crippen LogP contribution in [0.3, 0.4) is 0 Å². The summed E-state index contributed by atoms with van der Waals surface area (Å²) in [6.45, 7) is 9.60. The van der Waals surface area contributed by atoms with Crippen LogP contribution in [0.15, 0.2) is 0 Å². The zero-order valence-corrected chi connectivity index (χ0v) is 63.8. The van der Waals surface area contributed by atoms with E-state index >= 15 is 0 Å². The second-order valence-corrected chi connectivity index (χ2v) is 31.3. The third-order valence-electron chi connectivity index (χ3n) is 17.7. The maximum absolute atomic E-state index is 13.1. The minimum atomic E-state index is -4.96. The summed E-state index contributed by atoms with van der Waals surface area (Å²) in [6, 6.07) is 0. The second-order valence-electron chi connectivity index (χ2n) is 28.3. The first-order valence-electron chi connectivity index (χ1n) is 39.5. The van der Waals surface area contributed by atoms with E-state index in [2.05, 4.69) is 41.5 Å². The number of ether oxygens (including phenoxy) is 4. The van der Waals surface area contributed by atoms with E-state index in [1.54, 1.807) is 0 Å². The van der Waals surface area contributed by atoms with E-state index in [-0.39, 0.29) is 25.7 Å². The largest absolute Gasteiger partial charge is 0.472 e. The van der Waals surface area contributed by atoms with Crippen LogP contribution in [0, 0.1) is 11.8 Å². The summed E-state index contributed by atoms with van der Waals surface area (Å²) in [5, 5.41) is 10.6. The fourth-order valence-electron chi connectivity index (χ4n) is 11.7. The molecular weight excluding hydrogens is 1250 g/mol. The molecule has 5 atom stereocenters. The summed E-state index contributed by atoms with van der Waals surface area (Å²) in [5.41, 5.74) is 0. The molecular formula is C76H148O17P2. The van der Waals surface area contributed by atoms with Crippen molar-refractivity contribution in [1.82, 2.24) is 0 Å². The first-order chi connectivity index (χ1) is 45.9. The zero-order valence-electron chi connectivity index (χ0n) is 62.0. The van der Waals surface area contributed by atoms with E-state index in [9.17, 15) is 43.2 Å². The summed E-state index contributed by atoms with van der Waals surface area (Å²) in [5.74, 6) is -0.578. The molecule has 0 aliphatic rings. The molecule has 0 amide bonds. The third-order valence-corrected chi connectivity index (χ3v) is 19.6. The number of carbonyl (C=O) groups excluding carboxylic acids is 4. The van der Waals surface area contributed by atoms with E-state index < -0.39 is 97.5 Å². The Morgan fingerprint density at radius 1 is 0.284 bits per heavy atom. The minimum absolute atomic E-state index is 0.107. The van der Waals surface area contributed by atoms with Crippen LogP contribution in [0.2, 0.25) is 0 Å². The predicted octanol–water partition coefficient (Wildman–Crippen LogP) is 22.3. The zero-order chi connectivity index (χ0) is 70.0. The first kappa shape index (κ1) is 93.1. The Hall–Kier alpha value is -1.94. The maximum atomic E-state index is 13.1. The summed E-state index contributed by atoms with van der Waals surface area (Å²) in [6.07, 6.45) is 55.4. The average Bonchev–Trinajstić information content (AvgIpc) is 1.95. The number of hydrogen-bond acceptors (Lipinski definition) is 15. The summed E-state index contributed by atoms with van der Waals surface area (Å²) >= 11 is 0. The number of esters is 4. The van der Waals surface area contributed by atoms with Gasteiger partial charge in [-0.05, 0) is 37.5 Å². The Kier molecular flexibility index (Phi) is 66.5. The number of phosphoric acid groups is 2. The Balaban J connectivity index is 5.25. The number of aliphatic hydroxyl groups excluding tert-OH is 1. The van der Waals surface area contributed by atoms with Crippen LogP contribution in [0.5, 0.6) is 0 Å². The number of rotatable bonds is 75. The summed E-state index contributed by atoms with van der Waals surface area (Å²) in [7, 11) is -9.91. The molecule has 0 spiro atoms. The molecule has 0 heterocycles. The summed E-state index contributed by atoms with van der Waals surface area (Å²) < 4.78 is 68.5. The number of hydrogen-bond donors (Lipinski definition) is 3. The van der Waals surface area contributed by atoms with Crippen molar-refractivity contribution in [2.24, 2.45) is 11.8 Å². The van der Waals surface area contributed by atoms with Gasteiger partial charge >= 0.3 is 39.5 Å². The summed E-state index contributed by atoms with van der Waals surface area (Å²) in [4.78, 5) is 72.8. The predicted molar refractivity (Wildman–Crippen MR) is 386 cm³/mol. The standard InChI is InChI=1S/C76H148O17P2/c1-7-9-11-13-15-17-19-20-21-22-23-24-29-36-42-48-54-60-75(80)92-72(65-87-74(79)59-53-47-41-35-30-25-27-32-38-44-50-56-68(3)4)67-91-95(84,85)89-63-70(77)62-88-94(82,83)90-66-71(64-86-73(78)58-52-46-40-34-18-16-14-12-10-8-2)93-76(81)61-55-49-43-37-31-26-28-33-39-45-51-57-69(5)6/h68-72,77H,7-67H2,1-6H3,(H,82,83)(H,84,85)/t70-,71+,72+/m0/s1. The number of aliphatic hydroxyl groups is 1. The van der Waals surface area contributed by atoms with Crippen LogP contribution in [0.4, 0.5) is 0 Å². The maximum Gasteiger partial charge on any atom is 0.472 e.